The summed E-state index contributed by atoms with van der Waals surface area (Å²) in [6.07, 6.45) is 5.27. The number of dihydropyridines is 1. The molecule has 1 aromatic carbocycles. The number of guanidine groups is 1. The second-order valence-corrected chi connectivity index (χ2v) is 8.27. The van der Waals surface area contributed by atoms with E-state index >= 15 is 0 Å². The van der Waals surface area contributed by atoms with Crippen molar-refractivity contribution >= 4 is 46.4 Å². The summed E-state index contributed by atoms with van der Waals surface area (Å²) in [5.41, 5.74) is 2.72. The van der Waals surface area contributed by atoms with Gasteiger partial charge in [0.25, 0.3) is 5.91 Å². The number of amidine groups is 1. The van der Waals surface area contributed by atoms with Crippen LogP contribution >= 0.6 is 11.6 Å². The number of Topliss-reactive ketones (excluding diaryl/α,β-unsaturated/α-hetero) is 1. The average Bonchev–Trinajstić information content (AvgIpc) is 2.73. The van der Waals surface area contributed by atoms with Crippen LogP contribution in [0.2, 0.25) is 5.02 Å². The number of amides is 1. The van der Waals surface area contributed by atoms with Crippen LogP contribution in [0.1, 0.15) is 44.1 Å². The number of allylic oxidation sites excluding steroid dienone is 1. The summed E-state index contributed by atoms with van der Waals surface area (Å²) in [4.78, 5) is 41.8. The van der Waals surface area contributed by atoms with E-state index < -0.39 is 5.92 Å². The Hall–Kier alpha value is -2.60. The minimum Gasteiger partial charge on any atom is -0.341 e. The van der Waals surface area contributed by atoms with Gasteiger partial charge in [-0.05, 0) is 55.4 Å². The zero-order valence-corrected chi connectivity index (χ0v) is 16.8. The molecule has 4 aliphatic rings. The highest BCUT2D eigenvalue weighted by atomic mass is 35.5. The number of carbonyl (C=O) groups is 2. The highest BCUT2D eigenvalue weighted by Crippen LogP contribution is 2.39. The van der Waals surface area contributed by atoms with Gasteiger partial charge in [0.1, 0.15) is 11.8 Å². The van der Waals surface area contributed by atoms with Gasteiger partial charge in [0.15, 0.2) is 5.78 Å². The number of fused-ring (bicyclic) bond motifs is 2. The minimum atomic E-state index is -0.747. The number of nitrogens with zero attached hydrogens (tertiary/aromatic N) is 4. The predicted octanol–water partition coefficient (Wildman–Crippen LogP) is 3.70. The molecule has 6 nitrogen and oxygen atoms in total. The number of hydrogen-bond acceptors (Lipinski definition) is 5. The maximum Gasteiger partial charge on any atom is 0.264 e. The largest absolute Gasteiger partial charge is 0.341 e. The lowest BCUT2D eigenvalue weighted by atomic mass is 9.77. The van der Waals surface area contributed by atoms with E-state index in [1.54, 1.807) is 12.1 Å². The second kappa shape index (κ2) is 7.34. The Bertz CT molecular complexity index is 1030. The van der Waals surface area contributed by atoms with Crippen LogP contribution in [0.15, 0.2) is 44.8 Å². The van der Waals surface area contributed by atoms with E-state index in [1.165, 1.54) is 6.42 Å². The summed E-state index contributed by atoms with van der Waals surface area (Å²) in [7, 11) is 0. The number of benzene rings is 1. The van der Waals surface area contributed by atoms with Crippen LogP contribution in [0.3, 0.4) is 0 Å². The van der Waals surface area contributed by atoms with Crippen LogP contribution in [0.25, 0.3) is 5.57 Å². The van der Waals surface area contributed by atoms with Crippen LogP contribution in [0, 0.1) is 5.92 Å². The molecular formula is C22H21ClN4O2. The normalized spacial score (nSPS) is 24.5. The molecule has 5 rings (SSSR count). The summed E-state index contributed by atoms with van der Waals surface area (Å²) in [6, 6.07) is 7.29. The fourth-order valence-electron chi connectivity index (χ4n) is 4.54. The first-order valence-electron chi connectivity index (χ1n) is 10.2. The summed E-state index contributed by atoms with van der Waals surface area (Å²) < 4.78 is 0. The zero-order valence-electron chi connectivity index (χ0n) is 16.0. The third-order valence-electron chi connectivity index (χ3n) is 5.90. The Labute approximate surface area is 174 Å². The number of carbonyl (C=O) groups excluding carboxylic acids is 2. The Balaban J connectivity index is 1.64. The lowest BCUT2D eigenvalue weighted by Gasteiger charge is -2.33. The molecule has 0 radical (unpaired) electrons. The highest BCUT2D eigenvalue weighted by Gasteiger charge is 2.42. The zero-order chi connectivity index (χ0) is 20.0. The molecule has 1 aromatic rings. The molecule has 1 atom stereocenters. The van der Waals surface area contributed by atoms with E-state index in [1.807, 2.05) is 12.1 Å². The van der Waals surface area contributed by atoms with Gasteiger partial charge in [0, 0.05) is 30.1 Å². The van der Waals surface area contributed by atoms with Gasteiger partial charge < -0.3 is 4.90 Å². The lowest BCUT2D eigenvalue weighted by molar-refractivity contribution is -0.118. The summed E-state index contributed by atoms with van der Waals surface area (Å²) in [6.45, 7) is 1.70. The van der Waals surface area contributed by atoms with Crippen molar-refractivity contribution in [1.82, 2.24) is 4.90 Å². The maximum atomic E-state index is 13.2. The van der Waals surface area contributed by atoms with Crippen molar-refractivity contribution < 1.29 is 9.59 Å². The molecule has 0 aromatic heterocycles. The molecule has 0 spiro atoms. The maximum absolute atomic E-state index is 13.2. The van der Waals surface area contributed by atoms with E-state index in [0.717, 1.165) is 43.6 Å². The third kappa shape index (κ3) is 3.25. The first kappa shape index (κ1) is 18.4. The molecule has 7 heteroatoms. The molecule has 29 heavy (non-hydrogen) atoms. The lowest BCUT2D eigenvalue weighted by Crippen LogP contribution is -2.42. The van der Waals surface area contributed by atoms with Gasteiger partial charge in [0.2, 0.25) is 5.96 Å². The monoisotopic (exact) mass is 408 g/mol. The van der Waals surface area contributed by atoms with Crippen molar-refractivity contribution in [3.63, 3.8) is 0 Å². The van der Waals surface area contributed by atoms with Crippen molar-refractivity contribution in [3.05, 3.63) is 40.4 Å². The Kier molecular flexibility index (Phi) is 4.66. The van der Waals surface area contributed by atoms with E-state index in [2.05, 4.69) is 9.89 Å². The summed E-state index contributed by atoms with van der Waals surface area (Å²) >= 11 is 6.22. The SMILES string of the molecule is O=C1CCCC2=NC3=NC(N4CCCCC4)=NC(=O)C3C(c3cccc(Cl)c3)=C12. The number of rotatable bonds is 1. The Morgan fingerprint density at radius 1 is 0.966 bits per heavy atom. The molecular weight excluding hydrogens is 388 g/mol. The van der Waals surface area contributed by atoms with Crippen LogP contribution in [0.5, 0.6) is 0 Å². The minimum absolute atomic E-state index is 0.0302. The van der Waals surface area contributed by atoms with Crippen LogP contribution in [-0.2, 0) is 9.59 Å². The molecule has 2 fully saturated rings. The van der Waals surface area contributed by atoms with Crippen molar-refractivity contribution in [2.45, 2.75) is 38.5 Å². The molecule has 3 heterocycles. The molecule has 1 unspecified atom stereocenters. The van der Waals surface area contributed by atoms with E-state index in [0.29, 0.717) is 40.8 Å². The Morgan fingerprint density at radius 2 is 1.79 bits per heavy atom. The van der Waals surface area contributed by atoms with Gasteiger partial charge in [-0.3, -0.25) is 9.59 Å². The van der Waals surface area contributed by atoms with Crippen molar-refractivity contribution in [2.24, 2.45) is 20.9 Å². The van der Waals surface area contributed by atoms with Crippen molar-refractivity contribution in [3.8, 4) is 0 Å². The molecule has 3 aliphatic heterocycles. The molecule has 148 valence electrons. The Morgan fingerprint density at radius 3 is 2.59 bits per heavy atom. The van der Waals surface area contributed by atoms with Crippen LogP contribution in [0.4, 0.5) is 0 Å². The number of aliphatic imine (C=N–C) groups is 3. The van der Waals surface area contributed by atoms with Gasteiger partial charge in [-0.2, -0.15) is 9.98 Å². The summed E-state index contributed by atoms with van der Waals surface area (Å²) in [5.74, 6) is -0.111. The average molecular weight is 409 g/mol. The van der Waals surface area contributed by atoms with Gasteiger partial charge in [-0.1, -0.05) is 23.7 Å². The van der Waals surface area contributed by atoms with E-state index in [4.69, 9.17) is 21.6 Å². The molecule has 1 aliphatic carbocycles. The number of ketones is 1. The number of hydrogen-bond donors (Lipinski definition) is 0. The third-order valence-corrected chi connectivity index (χ3v) is 6.13. The standard InChI is InChI=1S/C22H21ClN4O2/c23-14-7-4-6-13(12-14)17-18-15(8-5-9-16(18)28)24-20-19(17)21(29)26-22(25-20)27-10-2-1-3-11-27/h4,6-7,12,19H,1-3,5,8-11H2. The van der Waals surface area contributed by atoms with Gasteiger partial charge in [0.05, 0.1) is 5.71 Å². The fraction of sp³-hybridized carbons (Fsp3) is 0.409. The highest BCUT2D eigenvalue weighted by molar-refractivity contribution is 6.38. The number of piperidine rings is 1. The number of likely N-dealkylation sites (tertiary alicyclic amines) is 1. The van der Waals surface area contributed by atoms with Gasteiger partial charge in [-0.15, -0.1) is 0 Å². The smallest absolute Gasteiger partial charge is 0.264 e. The second-order valence-electron chi connectivity index (χ2n) is 7.84. The van der Waals surface area contributed by atoms with E-state index in [9.17, 15) is 9.59 Å². The first-order chi connectivity index (χ1) is 14.1. The number of halogens is 1. The first-order valence-corrected chi connectivity index (χ1v) is 10.6. The molecule has 1 saturated heterocycles. The molecule has 1 amide bonds. The van der Waals surface area contributed by atoms with Crippen LogP contribution < -0.4 is 0 Å². The molecule has 1 saturated carbocycles. The van der Waals surface area contributed by atoms with Crippen molar-refractivity contribution in [2.75, 3.05) is 13.1 Å². The topological polar surface area (TPSA) is 74.5 Å². The summed E-state index contributed by atoms with van der Waals surface area (Å²) in [5, 5.41) is 0.558. The predicted molar refractivity (Wildman–Crippen MR) is 113 cm³/mol. The quantitative estimate of drug-likeness (QED) is 0.711. The van der Waals surface area contributed by atoms with Gasteiger partial charge >= 0.3 is 0 Å². The fourth-order valence-corrected chi connectivity index (χ4v) is 4.73. The van der Waals surface area contributed by atoms with Crippen molar-refractivity contribution in [1.29, 1.82) is 0 Å². The molecule has 0 N–H and O–H groups in total. The van der Waals surface area contributed by atoms with E-state index in [-0.39, 0.29) is 11.7 Å². The van der Waals surface area contributed by atoms with Crippen LogP contribution in [-0.4, -0.2) is 47.2 Å². The molecule has 0 bridgehead atoms. The van der Waals surface area contributed by atoms with Gasteiger partial charge in [-0.25, -0.2) is 4.99 Å².